The number of ether oxygens (including phenoxy) is 1. The molecule has 12 heterocycles. The number of aromatic hydroxyl groups is 3. The highest BCUT2D eigenvalue weighted by Crippen LogP contribution is 2.51. The lowest BCUT2D eigenvalue weighted by Crippen LogP contribution is -2.58. The van der Waals surface area contributed by atoms with E-state index in [2.05, 4.69) is 55.0 Å². The van der Waals surface area contributed by atoms with Crippen LogP contribution in [0.3, 0.4) is 0 Å². The number of thioether (sulfide) groups is 1. The number of nitrogens with one attached hydrogen (secondary N) is 1. The predicted octanol–water partition coefficient (Wildman–Crippen LogP) is 13.2. The van der Waals surface area contributed by atoms with Crippen molar-refractivity contribution < 1.29 is 70.4 Å². The van der Waals surface area contributed by atoms with Crippen LogP contribution in [0.4, 0.5) is 49.5 Å². The largest absolute Gasteiger partial charge is 0.507 e. The van der Waals surface area contributed by atoms with Crippen molar-refractivity contribution in [2.24, 2.45) is 0 Å². The second-order valence-corrected chi connectivity index (χ2v) is 33.5. The van der Waals surface area contributed by atoms with Crippen LogP contribution in [0.5, 0.6) is 23.0 Å². The lowest BCUT2D eigenvalue weighted by Gasteiger charge is -2.41. The number of aryl methyl sites for hydroxylation is 3. The lowest BCUT2D eigenvalue weighted by molar-refractivity contribution is -0.138. The zero-order valence-corrected chi connectivity index (χ0v) is 71.5. The van der Waals surface area contributed by atoms with Gasteiger partial charge in [-0.2, -0.15) is 15.0 Å². The maximum atomic E-state index is 16.6. The molecule has 656 valence electrons. The SMILES string of the molecule is C=CC(=O)N1CCN2c3nc(=O)n(-c4c(C)ccnc4C(C)C)c4cc(-c5c(O)cccc5F)c(F)c(c34)NC(=O)C2C1.C=CC(=O)N1CCN2c3nc(=O)n(-c4c(C)ccnc4C(C)C)c4cc(-c5c(O)cccc5F)c(F)c(c34)OC(=O)C2C1.C=CC(=O)N1CCN2c3nc(=O)n(-c4c(C)ccnc4C(C)C)c4cc(-c5c(O)cccc5F)c(F)c(c34)SCC2C1. The van der Waals surface area contributed by atoms with Gasteiger partial charge in [0.2, 0.25) is 23.6 Å². The van der Waals surface area contributed by atoms with Gasteiger partial charge in [0.1, 0.15) is 70.1 Å². The Hall–Kier alpha value is -14.5. The average Bonchev–Trinajstić information content (AvgIpc) is 1.26. The average molecular weight is 1760 g/mol. The molecule has 6 aliphatic heterocycles. The summed E-state index contributed by atoms with van der Waals surface area (Å²) in [6.07, 6.45) is 8.45. The first-order valence-corrected chi connectivity index (χ1v) is 42.0. The van der Waals surface area contributed by atoms with Gasteiger partial charge in [-0.15, -0.1) is 11.8 Å². The third-order valence-electron chi connectivity index (χ3n) is 23.7. The first-order valence-electron chi connectivity index (χ1n) is 41.1. The molecule has 4 N–H and O–H groups in total. The number of phenolic OH excluding ortho intramolecular Hbond substituents is 3. The number of halogens is 6. The third kappa shape index (κ3) is 14.8. The smallest absolute Gasteiger partial charge is 0.354 e. The molecule has 4 amide bonds. The predicted molar refractivity (Wildman–Crippen MR) is 472 cm³/mol. The Morgan fingerprint density at radius 3 is 1.27 bits per heavy atom. The molecule has 0 saturated carbocycles. The number of anilines is 4. The number of amides is 4. The molecule has 6 aliphatic rings. The van der Waals surface area contributed by atoms with Gasteiger partial charge in [-0.05, 0) is 146 Å². The fraction of sp³-hybridized carbons (Fsp3) is 0.269. The first-order chi connectivity index (χ1) is 61.2. The number of carbonyl (C=O) groups is 5. The first kappa shape index (κ1) is 87.0. The fourth-order valence-corrected chi connectivity index (χ4v) is 18.9. The van der Waals surface area contributed by atoms with E-state index in [0.29, 0.717) is 87.4 Å². The Kier molecular flexibility index (Phi) is 23.2. The molecular formula is C93H84F6N16O12S. The van der Waals surface area contributed by atoms with Gasteiger partial charge in [0, 0.05) is 86.8 Å². The van der Waals surface area contributed by atoms with Crippen molar-refractivity contribution in [2.45, 2.75) is 103 Å². The van der Waals surface area contributed by atoms with Crippen LogP contribution in [0, 0.1) is 55.7 Å². The van der Waals surface area contributed by atoms with Crippen LogP contribution in [-0.2, 0) is 24.0 Å². The van der Waals surface area contributed by atoms with Crippen LogP contribution < -0.4 is 41.8 Å². The van der Waals surface area contributed by atoms with Gasteiger partial charge in [0.05, 0.1) is 113 Å². The Labute approximate surface area is 731 Å². The molecule has 0 radical (unpaired) electrons. The number of benzene rings is 6. The van der Waals surface area contributed by atoms with Crippen molar-refractivity contribution in [3.05, 3.63) is 248 Å². The van der Waals surface area contributed by atoms with E-state index in [1.807, 2.05) is 53.4 Å². The summed E-state index contributed by atoms with van der Waals surface area (Å²) in [5, 5.41) is 35.0. The molecule has 3 atom stereocenters. The highest BCUT2D eigenvalue weighted by Gasteiger charge is 2.45. The van der Waals surface area contributed by atoms with E-state index in [1.165, 1.54) is 101 Å². The van der Waals surface area contributed by atoms with E-state index in [4.69, 9.17) is 4.74 Å². The van der Waals surface area contributed by atoms with Crippen molar-refractivity contribution >= 4 is 97.2 Å². The zero-order valence-electron chi connectivity index (χ0n) is 70.7. The number of fused-ring (bicyclic) bond motifs is 6. The number of rotatable bonds is 12. The lowest BCUT2D eigenvalue weighted by atomic mass is 9.98. The minimum atomic E-state index is -1.12. The molecule has 0 bridgehead atoms. The number of piperazine rings is 3. The third-order valence-corrected chi connectivity index (χ3v) is 25.0. The maximum absolute atomic E-state index is 16.6. The number of aromatic nitrogens is 9. The van der Waals surface area contributed by atoms with Crippen molar-refractivity contribution in [2.75, 3.05) is 84.7 Å². The van der Waals surface area contributed by atoms with Crippen molar-refractivity contribution in [1.29, 1.82) is 0 Å². The summed E-state index contributed by atoms with van der Waals surface area (Å²) >= 11 is 1.23. The molecule has 128 heavy (non-hydrogen) atoms. The molecule has 6 aromatic carbocycles. The molecule has 3 saturated heterocycles. The van der Waals surface area contributed by atoms with E-state index < -0.39 is 122 Å². The van der Waals surface area contributed by atoms with Crippen LogP contribution in [0.25, 0.3) is 83.2 Å². The Bertz CT molecular complexity index is 6650. The summed E-state index contributed by atoms with van der Waals surface area (Å²) in [6.45, 7) is 29.2. The second-order valence-electron chi connectivity index (χ2n) is 32.5. The number of phenols is 3. The van der Waals surface area contributed by atoms with Crippen molar-refractivity contribution in [3.8, 4) is 73.4 Å². The van der Waals surface area contributed by atoms with Gasteiger partial charge in [-0.25, -0.2) is 45.5 Å². The van der Waals surface area contributed by atoms with Crippen molar-refractivity contribution in [1.82, 2.24) is 58.3 Å². The Morgan fingerprint density at radius 2 is 0.844 bits per heavy atom. The monoisotopic (exact) mass is 1760 g/mol. The molecule has 3 fully saturated rings. The standard InChI is InChI=1S/C31H28F2N6O4.C31H27F2N5O5.C31H29F2N5O3S/c1-5-22(41)37-11-12-38-20(14-37)30(42)35-27-24-19(13-17(25(27)33)23-18(32)7-6-8-21(23)40)39(31(43)36-29(24)38)28-16(4)9-10-34-26(28)15(2)3;1-5-22(40)36-11-12-37-20(14-36)30(41)43-28-24-19(13-17(25(28)33)23-18(32)7-6-8-21(23)39)38(31(42)35-29(24)37)27-16(4)9-10-34-26(27)15(2)3;1-5-23(40)36-11-12-37-18(14-36)15-42-29-25-21(13-19(26(29)33)24-20(32)7-6-8-22(24)39)38(31(41)35-30(25)37)28-17(4)9-10-34-27(28)16(2)3/h5-10,13,15,20,40H,1,11-12,14H2,2-4H3,(H,35,42);5-10,13,15,20,39H,1,11-12,14H2,2-4H3;5-10,13,16,18,39H,1,11-12,14-15H2,2-4H3. The number of hydrogen-bond acceptors (Lipinski definition) is 22. The van der Waals surface area contributed by atoms with Crippen LogP contribution in [0.15, 0.2) is 167 Å². The van der Waals surface area contributed by atoms with E-state index >= 15 is 26.3 Å². The number of hydrogen-bond donors (Lipinski definition) is 4. The van der Waals surface area contributed by atoms with Gasteiger partial charge in [-0.1, -0.05) is 79.5 Å². The summed E-state index contributed by atoms with van der Waals surface area (Å²) in [7, 11) is 0. The van der Waals surface area contributed by atoms with E-state index in [1.54, 1.807) is 60.4 Å². The zero-order chi connectivity index (χ0) is 91.3. The molecule has 28 nitrogen and oxygen atoms in total. The van der Waals surface area contributed by atoms with Gasteiger partial charge >= 0.3 is 23.0 Å². The summed E-state index contributed by atoms with van der Waals surface area (Å²) < 4.78 is 105. The summed E-state index contributed by atoms with van der Waals surface area (Å²) in [4.78, 5) is 143. The molecule has 0 aliphatic carbocycles. The Morgan fingerprint density at radius 1 is 0.477 bits per heavy atom. The van der Waals surface area contributed by atoms with E-state index in [9.17, 15) is 53.7 Å². The minimum Gasteiger partial charge on any atom is -0.507 e. The number of nitrogens with zero attached hydrogens (tertiary/aromatic N) is 15. The normalized spacial score (nSPS) is 16.3. The van der Waals surface area contributed by atoms with Crippen LogP contribution in [-0.4, -0.2) is 186 Å². The highest BCUT2D eigenvalue weighted by atomic mass is 32.2. The summed E-state index contributed by atoms with van der Waals surface area (Å²) in [6, 6.07) is 17.7. The summed E-state index contributed by atoms with van der Waals surface area (Å²) in [5.41, 5.74) is 1.28. The molecule has 18 rings (SSSR count). The van der Waals surface area contributed by atoms with Gasteiger partial charge < -0.3 is 54.8 Å². The molecule has 12 aromatic rings. The van der Waals surface area contributed by atoms with E-state index in [0.717, 1.165) is 35.9 Å². The van der Waals surface area contributed by atoms with Crippen LogP contribution in [0.1, 0.15) is 93.1 Å². The number of pyridine rings is 3. The highest BCUT2D eigenvalue weighted by molar-refractivity contribution is 7.99. The number of esters is 1. The van der Waals surface area contributed by atoms with E-state index in [-0.39, 0.29) is 136 Å². The van der Waals surface area contributed by atoms with Crippen molar-refractivity contribution in [3.63, 3.8) is 0 Å². The summed E-state index contributed by atoms with van der Waals surface area (Å²) in [5.74, 6) is -9.63. The minimum absolute atomic E-state index is 0.00832. The molecule has 6 aromatic heterocycles. The van der Waals surface area contributed by atoms with Gasteiger partial charge in [0.25, 0.3) is 0 Å². The quantitative estimate of drug-likeness (QED) is 0.0382. The molecule has 3 unspecified atom stereocenters. The van der Waals surface area contributed by atoms with Crippen LogP contribution >= 0.6 is 11.8 Å². The van der Waals surface area contributed by atoms with Gasteiger partial charge in [-0.3, -0.25) is 47.8 Å². The molecule has 35 heteroatoms. The second kappa shape index (κ2) is 34.1. The number of carbonyl (C=O) groups excluding carboxylic acids is 5. The fourth-order valence-electron chi connectivity index (χ4n) is 17.6. The molecular weight excluding hydrogens is 1680 g/mol. The molecule has 0 spiro atoms. The van der Waals surface area contributed by atoms with Gasteiger partial charge in [0.15, 0.2) is 17.4 Å². The maximum Gasteiger partial charge on any atom is 0.354 e. The topological polar surface area (TPSA) is 330 Å². The Balaban J connectivity index is 0.000000141. The van der Waals surface area contributed by atoms with Crippen LogP contribution in [0.2, 0.25) is 0 Å².